The van der Waals surface area contributed by atoms with Gasteiger partial charge < -0.3 is 4.42 Å². The van der Waals surface area contributed by atoms with Crippen LogP contribution in [-0.4, -0.2) is 9.55 Å². The lowest BCUT2D eigenvalue weighted by Gasteiger charge is -2.12. The molecule has 3 nitrogen and oxygen atoms in total. The van der Waals surface area contributed by atoms with Crippen molar-refractivity contribution in [2.75, 3.05) is 0 Å². The Morgan fingerprint density at radius 3 is 2.37 bits per heavy atom. The number of para-hydroxylation sites is 3. The summed E-state index contributed by atoms with van der Waals surface area (Å²) in [4.78, 5) is 5.08. The molecule has 2 aromatic heterocycles. The van der Waals surface area contributed by atoms with Crippen LogP contribution in [0.3, 0.4) is 0 Å². The first-order valence-electron chi connectivity index (χ1n) is 13.1. The predicted molar refractivity (Wildman–Crippen MR) is 156 cm³/mol. The molecule has 0 amide bonds. The van der Waals surface area contributed by atoms with Crippen molar-refractivity contribution in [1.29, 1.82) is 0 Å². The molecule has 180 valence electrons. The average Bonchev–Trinajstić information content (AvgIpc) is 3.56. The van der Waals surface area contributed by atoms with Crippen LogP contribution in [-0.2, 0) is 0 Å². The average molecular weight is 489 g/mol. The lowest BCUT2D eigenvalue weighted by atomic mass is 9.95. The minimum absolute atomic E-state index is 0.944. The van der Waals surface area contributed by atoms with Gasteiger partial charge in [0.2, 0.25) is 0 Å². The number of hydrogen-bond acceptors (Lipinski definition) is 2. The molecule has 0 radical (unpaired) electrons. The van der Waals surface area contributed by atoms with Crippen molar-refractivity contribution in [1.82, 2.24) is 9.55 Å². The van der Waals surface area contributed by atoms with Gasteiger partial charge in [0.25, 0.3) is 0 Å². The van der Waals surface area contributed by atoms with E-state index >= 15 is 0 Å². The fraction of sp³-hybridized carbons (Fsp3) is 0.0571. The predicted octanol–water partition coefficient (Wildman–Crippen LogP) is 7.37. The minimum atomic E-state index is 0.944. The van der Waals surface area contributed by atoms with E-state index in [1.54, 1.807) is 0 Å². The molecule has 0 spiro atoms. The monoisotopic (exact) mass is 488 g/mol. The Bertz CT molecular complexity index is 2130. The zero-order chi connectivity index (χ0) is 25.1. The first-order chi connectivity index (χ1) is 18.8. The molecule has 0 saturated carbocycles. The molecule has 38 heavy (non-hydrogen) atoms. The second-order valence-electron chi connectivity index (χ2n) is 9.93. The van der Waals surface area contributed by atoms with E-state index in [9.17, 15) is 0 Å². The molecule has 0 unspecified atom stereocenters. The lowest BCUT2D eigenvalue weighted by molar-refractivity contribution is 0.568. The highest BCUT2D eigenvalue weighted by Gasteiger charge is 2.17. The Labute approximate surface area is 219 Å². The van der Waals surface area contributed by atoms with Gasteiger partial charge in [-0.25, -0.2) is 4.98 Å². The zero-order valence-electron chi connectivity index (χ0n) is 20.8. The molecule has 0 aliphatic heterocycles. The Balaban J connectivity index is 1.29. The maximum atomic E-state index is 6.34. The second kappa shape index (κ2) is 8.32. The SMILES string of the molecule is C1=c2c(oc3ccccc23)=C(c2ccc(-c3nc4ccccc4n3-c3ccc4ccccc4c3)cc2)CC1. The van der Waals surface area contributed by atoms with Gasteiger partial charge in [0.05, 0.1) is 11.0 Å². The van der Waals surface area contributed by atoms with Crippen LogP contribution in [0.1, 0.15) is 18.4 Å². The summed E-state index contributed by atoms with van der Waals surface area (Å²) < 4.78 is 8.61. The number of rotatable bonds is 3. The van der Waals surface area contributed by atoms with Crippen molar-refractivity contribution < 1.29 is 4.42 Å². The van der Waals surface area contributed by atoms with Crippen LogP contribution in [0.5, 0.6) is 0 Å². The molecule has 0 atom stereocenters. The molecule has 5 aromatic carbocycles. The zero-order valence-corrected chi connectivity index (χ0v) is 20.8. The summed E-state index contributed by atoms with van der Waals surface area (Å²) >= 11 is 0. The number of imidazole rings is 1. The van der Waals surface area contributed by atoms with Gasteiger partial charge in [0, 0.05) is 27.4 Å². The smallest absolute Gasteiger partial charge is 0.145 e. The first-order valence-corrected chi connectivity index (χ1v) is 13.1. The van der Waals surface area contributed by atoms with E-state index in [0.717, 1.165) is 51.9 Å². The normalized spacial score (nSPS) is 13.2. The van der Waals surface area contributed by atoms with Crippen LogP contribution >= 0.6 is 0 Å². The van der Waals surface area contributed by atoms with Gasteiger partial charge in [-0.2, -0.15) is 0 Å². The molecule has 0 bridgehead atoms. The number of nitrogens with zero attached hydrogens (tertiary/aromatic N) is 2. The van der Waals surface area contributed by atoms with Gasteiger partial charge in [-0.3, -0.25) is 4.57 Å². The van der Waals surface area contributed by atoms with Gasteiger partial charge in [-0.15, -0.1) is 0 Å². The molecule has 0 fully saturated rings. The summed E-state index contributed by atoms with van der Waals surface area (Å²) in [7, 11) is 0. The fourth-order valence-corrected chi connectivity index (χ4v) is 5.86. The van der Waals surface area contributed by atoms with Gasteiger partial charge >= 0.3 is 0 Å². The Morgan fingerprint density at radius 1 is 0.684 bits per heavy atom. The second-order valence-corrected chi connectivity index (χ2v) is 9.93. The van der Waals surface area contributed by atoms with Crippen LogP contribution in [0.25, 0.3) is 61.5 Å². The molecule has 0 saturated heterocycles. The molecule has 7 aromatic rings. The third-order valence-electron chi connectivity index (χ3n) is 7.69. The van der Waals surface area contributed by atoms with Gasteiger partial charge in [-0.05, 0) is 59.5 Å². The summed E-state index contributed by atoms with van der Waals surface area (Å²) in [5.41, 5.74) is 8.73. The van der Waals surface area contributed by atoms with Crippen molar-refractivity contribution in [2.45, 2.75) is 12.8 Å². The largest absolute Gasteiger partial charge is 0.456 e. The maximum absolute atomic E-state index is 6.34. The summed E-state index contributed by atoms with van der Waals surface area (Å²) in [5.74, 6) is 0.944. The first kappa shape index (κ1) is 21.2. The summed E-state index contributed by atoms with van der Waals surface area (Å²) in [5, 5.41) is 4.87. The van der Waals surface area contributed by atoms with E-state index in [1.165, 1.54) is 32.5 Å². The third kappa shape index (κ3) is 3.25. The highest BCUT2D eigenvalue weighted by molar-refractivity contribution is 5.88. The summed E-state index contributed by atoms with van der Waals surface area (Å²) in [6.45, 7) is 0. The van der Waals surface area contributed by atoms with Gasteiger partial charge in [0.15, 0.2) is 0 Å². The fourth-order valence-electron chi connectivity index (χ4n) is 5.86. The number of hydrogen-bond donors (Lipinski definition) is 0. The van der Waals surface area contributed by atoms with Crippen molar-refractivity contribution in [3.05, 3.63) is 131 Å². The van der Waals surface area contributed by atoms with E-state index in [0.29, 0.717) is 0 Å². The molecule has 8 rings (SSSR count). The molecule has 3 heteroatoms. The van der Waals surface area contributed by atoms with Gasteiger partial charge in [-0.1, -0.05) is 91.0 Å². The number of furan rings is 1. The van der Waals surface area contributed by atoms with E-state index < -0.39 is 0 Å². The van der Waals surface area contributed by atoms with Crippen LogP contribution < -0.4 is 10.6 Å². The Kier molecular flexibility index (Phi) is 4.65. The lowest BCUT2D eigenvalue weighted by Crippen LogP contribution is -2.26. The number of aromatic nitrogens is 2. The molecule has 2 heterocycles. The summed E-state index contributed by atoms with van der Waals surface area (Å²) in [6, 6.07) is 40.6. The molecule has 0 N–H and O–H groups in total. The van der Waals surface area contributed by atoms with Crippen LogP contribution in [0.2, 0.25) is 0 Å². The standard InChI is InChI=1S/C35H24N2O/c1-2-9-26-22-27(21-20-23(26)8-1)37-32-14-5-4-13-31(32)36-35(37)25-18-16-24(17-19-25)28-11-7-12-30-29-10-3-6-15-33(29)38-34(28)30/h1-6,8-10,12-22H,7,11H2. The quantitative estimate of drug-likeness (QED) is 0.260. The van der Waals surface area contributed by atoms with Crippen molar-refractivity contribution in [2.24, 2.45) is 0 Å². The third-order valence-corrected chi connectivity index (χ3v) is 7.69. The summed E-state index contributed by atoms with van der Waals surface area (Å²) in [6.07, 6.45) is 4.30. The van der Waals surface area contributed by atoms with Gasteiger partial charge in [0.1, 0.15) is 16.8 Å². The maximum Gasteiger partial charge on any atom is 0.145 e. The molecule has 1 aliphatic rings. The highest BCUT2D eigenvalue weighted by Crippen LogP contribution is 2.31. The van der Waals surface area contributed by atoms with E-state index in [2.05, 4.69) is 120 Å². The Hall–Kier alpha value is -4.89. The minimum Gasteiger partial charge on any atom is -0.456 e. The van der Waals surface area contributed by atoms with Crippen molar-refractivity contribution in [3.8, 4) is 17.1 Å². The molecular weight excluding hydrogens is 464 g/mol. The van der Waals surface area contributed by atoms with Crippen LogP contribution in [0, 0.1) is 0 Å². The highest BCUT2D eigenvalue weighted by atomic mass is 16.3. The van der Waals surface area contributed by atoms with Crippen molar-refractivity contribution >= 4 is 44.4 Å². The molecule has 1 aliphatic carbocycles. The Morgan fingerprint density at radius 2 is 1.45 bits per heavy atom. The number of benzene rings is 5. The van der Waals surface area contributed by atoms with Crippen molar-refractivity contribution in [3.63, 3.8) is 0 Å². The topological polar surface area (TPSA) is 31.0 Å². The molecular formula is C35H24N2O. The van der Waals surface area contributed by atoms with Crippen LogP contribution in [0.15, 0.2) is 120 Å². The van der Waals surface area contributed by atoms with E-state index in [4.69, 9.17) is 9.40 Å². The van der Waals surface area contributed by atoms with E-state index in [-0.39, 0.29) is 0 Å². The van der Waals surface area contributed by atoms with Crippen LogP contribution in [0.4, 0.5) is 0 Å². The number of fused-ring (bicyclic) bond motifs is 5. The van der Waals surface area contributed by atoms with E-state index in [1.807, 2.05) is 6.07 Å².